The highest BCUT2D eigenvalue weighted by molar-refractivity contribution is 5.83. The number of nitrogens with zero attached hydrogens (tertiary/aromatic N) is 1. The van der Waals surface area contributed by atoms with Crippen molar-refractivity contribution < 1.29 is 9.53 Å². The van der Waals surface area contributed by atoms with Crippen molar-refractivity contribution >= 4 is 5.91 Å². The van der Waals surface area contributed by atoms with E-state index in [1.807, 2.05) is 36.1 Å². The number of ether oxygens (including phenoxy) is 1. The Morgan fingerprint density at radius 3 is 2.62 bits per heavy atom. The molecule has 1 amide bonds. The van der Waals surface area contributed by atoms with Crippen LogP contribution in [0.1, 0.15) is 36.4 Å². The van der Waals surface area contributed by atoms with Crippen molar-refractivity contribution in [3.8, 4) is 0 Å². The lowest BCUT2D eigenvalue weighted by Crippen LogP contribution is -2.42. The fraction of sp³-hybridized carbons (Fsp3) is 0.588. The lowest BCUT2D eigenvalue weighted by atomic mass is 10.0. The van der Waals surface area contributed by atoms with Gasteiger partial charge in [0.25, 0.3) is 0 Å². The van der Waals surface area contributed by atoms with E-state index in [0.29, 0.717) is 12.0 Å². The van der Waals surface area contributed by atoms with Gasteiger partial charge in [-0.15, -0.1) is 0 Å². The second-order valence-corrected chi connectivity index (χ2v) is 6.34. The summed E-state index contributed by atoms with van der Waals surface area (Å²) in [7, 11) is 0. The first-order chi connectivity index (χ1) is 10.1. The summed E-state index contributed by atoms with van der Waals surface area (Å²) in [5.74, 6) is 0.535. The quantitative estimate of drug-likeness (QED) is 0.902. The average Bonchev–Trinajstić information content (AvgIpc) is 3.20. The summed E-state index contributed by atoms with van der Waals surface area (Å²) in [6, 6.07) is 7.79. The summed E-state index contributed by atoms with van der Waals surface area (Å²) in [5, 5.41) is 0. The third-order valence-electron chi connectivity index (χ3n) is 4.45. The molecular formula is C17H24N2O2. The summed E-state index contributed by atoms with van der Waals surface area (Å²) < 4.78 is 5.43. The molecule has 0 radical (unpaired) electrons. The van der Waals surface area contributed by atoms with Crippen LogP contribution >= 0.6 is 0 Å². The second kappa shape index (κ2) is 6.16. The van der Waals surface area contributed by atoms with Crippen molar-refractivity contribution in [2.24, 2.45) is 11.7 Å². The first-order valence-electron chi connectivity index (χ1n) is 7.85. The Bertz CT molecular complexity index is 490. The number of carbonyl (C=O) groups excluding carboxylic acids is 1. The summed E-state index contributed by atoms with van der Waals surface area (Å²) in [6.45, 7) is 4.43. The van der Waals surface area contributed by atoms with Crippen LogP contribution < -0.4 is 5.73 Å². The highest BCUT2D eigenvalue weighted by Crippen LogP contribution is 2.31. The number of benzene rings is 1. The third kappa shape index (κ3) is 3.44. The Kier molecular flexibility index (Phi) is 4.27. The maximum atomic E-state index is 12.8. The molecule has 1 aromatic rings. The van der Waals surface area contributed by atoms with Gasteiger partial charge in [0.2, 0.25) is 5.91 Å². The Morgan fingerprint density at radius 2 is 2.05 bits per heavy atom. The molecule has 1 heterocycles. The monoisotopic (exact) mass is 288 g/mol. The SMILES string of the molecule is Cc1ccc(C(N)C(=O)N(CC2CCOC2)C2CC2)cc1. The molecule has 4 heteroatoms. The van der Waals surface area contributed by atoms with Crippen molar-refractivity contribution in [3.63, 3.8) is 0 Å². The fourth-order valence-corrected chi connectivity index (χ4v) is 2.91. The Labute approximate surface area is 126 Å². The highest BCUT2D eigenvalue weighted by Gasteiger charge is 2.36. The minimum Gasteiger partial charge on any atom is -0.381 e. The van der Waals surface area contributed by atoms with Gasteiger partial charge < -0.3 is 15.4 Å². The van der Waals surface area contributed by atoms with Gasteiger partial charge in [0.15, 0.2) is 0 Å². The van der Waals surface area contributed by atoms with Crippen molar-refractivity contribution in [1.82, 2.24) is 4.90 Å². The van der Waals surface area contributed by atoms with Crippen LogP contribution in [0.25, 0.3) is 0 Å². The molecule has 21 heavy (non-hydrogen) atoms. The van der Waals surface area contributed by atoms with Crippen LogP contribution in [-0.2, 0) is 9.53 Å². The molecule has 1 aliphatic carbocycles. The van der Waals surface area contributed by atoms with Gasteiger partial charge in [-0.3, -0.25) is 4.79 Å². The first kappa shape index (κ1) is 14.5. The van der Waals surface area contributed by atoms with Gasteiger partial charge in [-0.05, 0) is 31.7 Å². The molecule has 2 N–H and O–H groups in total. The molecule has 3 rings (SSSR count). The molecule has 1 aromatic carbocycles. The molecule has 0 aromatic heterocycles. The van der Waals surface area contributed by atoms with Crippen molar-refractivity contribution in [1.29, 1.82) is 0 Å². The second-order valence-electron chi connectivity index (χ2n) is 6.34. The maximum Gasteiger partial charge on any atom is 0.244 e. The predicted molar refractivity (Wildman–Crippen MR) is 81.8 cm³/mol. The van der Waals surface area contributed by atoms with E-state index < -0.39 is 6.04 Å². The third-order valence-corrected chi connectivity index (χ3v) is 4.45. The van der Waals surface area contributed by atoms with E-state index in [-0.39, 0.29) is 5.91 Å². The van der Waals surface area contributed by atoms with Gasteiger partial charge in [0.05, 0.1) is 6.61 Å². The first-order valence-corrected chi connectivity index (χ1v) is 7.85. The van der Waals surface area contributed by atoms with E-state index in [4.69, 9.17) is 10.5 Å². The largest absolute Gasteiger partial charge is 0.381 e. The number of carbonyl (C=O) groups is 1. The Morgan fingerprint density at radius 1 is 1.33 bits per heavy atom. The standard InChI is InChI=1S/C17H24N2O2/c1-12-2-4-14(5-3-12)16(18)17(20)19(15-6-7-15)10-13-8-9-21-11-13/h2-5,13,15-16H,6-11,18H2,1H3. The fourth-order valence-electron chi connectivity index (χ4n) is 2.91. The number of aryl methyl sites for hydroxylation is 1. The van der Waals surface area contributed by atoms with Gasteiger partial charge in [0, 0.05) is 25.1 Å². The van der Waals surface area contributed by atoms with Gasteiger partial charge in [-0.2, -0.15) is 0 Å². The molecule has 0 bridgehead atoms. The molecular weight excluding hydrogens is 264 g/mol. The summed E-state index contributed by atoms with van der Waals surface area (Å²) >= 11 is 0. The van der Waals surface area contributed by atoms with Gasteiger partial charge >= 0.3 is 0 Å². The molecule has 2 aliphatic rings. The van der Waals surface area contributed by atoms with E-state index in [1.54, 1.807) is 0 Å². The van der Waals surface area contributed by atoms with Crippen molar-refractivity contribution in [2.75, 3.05) is 19.8 Å². The Balaban J connectivity index is 1.69. The lowest BCUT2D eigenvalue weighted by molar-refractivity contribution is -0.134. The number of nitrogens with two attached hydrogens (primary N) is 1. The molecule has 2 unspecified atom stereocenters. The zero-order valence-electron chi connectivity index (χ0n) is 12.6. The van der Waals surface area contributed by atoms with E-state index in [1.165, 1.54) is 5.56 Å². The molecule has 1 aliphatic heterocycles. The highest BCUT2D eigenvalue weighted by atomic mass is 16.5. The van der Waals surface area contributed by atoms with Crippen LogP contribution in [0.3, 0.4) is 0 Å². The number of amides is 1. The molecule has 1 saturated heterocycles. The Hall–Kier alpha value is -1.39. The zero-order valence-corrected chi connectivity index (χ0v) is 12.6. The van der Waals surface area contributed by atoms with Crippen LogP contribution in [0.4, 0.5) is 0 Å². The van der Waals surface area contributed by atoms with E-state index in [9.17, 15) is 4.79 Å². The average molecular weight is 288 g/mol. The van der Waals surface area contributed by atoms with Crippen LogP contribution in [0.15, 0.2) is 24.3 Å². The van der Waals surface area contributed by atoms with Crippen molar-refractivity contribution in [2.45, 2.75) is 38.3 Å². The van der Waals surface area contributed by atoms with Gasteiger partial charge in [0.1, 0.15) is 6.04 Å². The normalized spacial score (nSPS) is 23.0. The molecule has 2 atom stereocenters. The van der Waals surface area contributed by atoms with Crippen molar-refractivity contribution in [3.05, 3.63) is 35.4 Å². The molecule has 4 nitrogen and oxygen atoms in total. The molecule has 1 saturated carbocycles. The minimum atomic E-state index is -0.548. The van der Waals surface area contributed by atoms with Crippen LogP contribution in [0, 0.1) is 12.8 Å². The smallest absolute Gasteiger partial charge is 0.244 e. The van der Waals surface area contributed by atoms with Crippen LogP contribution in [0.2, 0.25) is 0 Å². The number of hydrogen-bond acceptors (Lipinski definition) is 3. The van der Waals surface area contributed by atoms with Crippen LogP contribution in [0.5, 0.6) is 0 Å². The molecule has 0 spiro atoms. The number of rotatable bonds is 5. The lowest BCUT2D eigenvalue weighted by Gasteiger charge is -2.28. The van der Waals surface area contributed by atoms with E-state index >= 15 is 0 Å². The minimum absolute atomic E-state index is 0.0632. The topological polar surface area (TPSA) is 55.6 Å². The molecule has 2 fully saturated rings. The summed E-state index contributed by atoms with van der Waals surface area (Å²) in [4.78, 5) is 14.8. The van der Waals surface area contributed by atoms with E-state index in [0.717, 1.165) is 44.6 Å². The van der Waals surface area contributed by atoms with Crippen LogP contribution in [-0.4, -0.2) is 36.6 Å². The summed E-state index contributed by atoms with van der Waals surface area (Å²) in [6.07, 6.45) is 3.27. The van der Waals surface area contributed by atoms with Gasteiger partial charge in [-0.1, -0.05) is 29.8 Å². The predicted octanol–water partition coefficient (Wildman–Crippen LogP) is 2.02. The molecule has 114 valence electrons. The number of hydrogen-bond donors (Lipinski definition) is 1. The van der Waals surface area contributed by atoms with E-state index in [2.05, 4.69) is 0 Å². The maximum absolute atomic E-state index is 12.8. The zero-order chi connectivity index (χ0) is 14.8. The van der Waals surface area contributed by atoms with Gasteiger partial charge in [-0.25, -0.2) is 0 Å². The summed E-state index contributed by atoms with van der Waals surface area (Å²) in [5.41, 5.74) is 8.29.